The Balaban J connectivity index is 1.23. The molecule has 2 aliphatic heterocycles. The minimum Gasteiger partial charge on any atom is -0.481 e. The summed E-state index contributed by atoms with van der Waals surface area (Å²) in [5, 5.41) is 11.8. The van der Waals surface area contributed by atoms with Crippen LogP contribution in [-0.4, -0.2) is 40.7 Å². The molecule has 4 unspecified atom stereocenters. The predicted octanol–water partition coefficient (Wildman–Crippen LogP) is 5.23. The predicted molar refractivity (Wildman–Crippen MR) is 124 cm³/mol. The Labute approximate surface area is 196 Å². The maximum absolute atomic E-state index is 12.6. The van der Waals surface area contributed by atoms with Gasteiger partial charge in [-0.25, -0.2) is 4.98 Å². The molecule has 2 bridgehead atoms. The second kappa shape index (κ2) is 11.8. The molecule has 0 spiro atoms. The number of nitrogens with one attached hydrogen (secondary N) is 1. The molecule has 3 aliphatic rings. The third kappa shape index (κ3) is 6.46. The van der Waals surface area contributed by atoms with Gasteiger partial charge >= 0.3 is 5.97 Å². The minimum absolute atomic E-state index is 0.0462. The molecule has 1 aromatic rings. The first-order valence-electron chi connectivity index (χ1n) is 12.9. The fourth-order valence-corrected chi connectivity index (χ4v) is 5.87. The Kier molecular flexibility index (Phi) is 8.59. The second-order valence-electron chi connectivity index (χ2n) is 9.95. The van der Waals surface area contributed by atoms with Crippen molar-refractivity contribution in [2.24, 2.45) is 11.8 Å². The van der Waals surface area contributed by atoms with E-state index >= 15 is 0 Å². The van der Waals surface area contributed by atoms with E-state index in [4.69, 9.17) is 14.3 Å². The average Bonchev–Trinajstić information content (AvgIpc) is 3.55. The number of ether oxygens (including phenoxy) is 1. The minimum atomic E-state index is -0.782. The normalized spacial score (nSPS) is 27.4. The molecular formula is C26H38N2O5. The second-order valence-corrected chi connectivity index (χ2v) is 9.95. The van der Waals surface area contributed by atoms with E-state index in [0.29, 0.717) is 24.6 Å². The van der Waals surface area contributed by atoms with E-state index in [1.165, 1.54) is 51.2 Å². The van der Waals surface area contributed by atoms with Crippen LogP contribution in [0.3, 0.4) is 0 Å². The van der Waals surface area contributed by atoms with Crippen LogP contribution in [0.2, 0.25) is 0 Å². The van der Waals surface area contributed by atoms with Crippen LogP contribution >= 0.6 is 0 Å². The van der Waals surface area contributed by atoms with Crippen LogP contribution < -0.4 is 5.32 Å². The number of carbonyl (C=O) groups excluding carboxylic acids is 1. The van der Waals surface area contributed by atoms with Crippen molar-refractivity contribution in [1.82, 2.24) is 10.3 Å². The van der Waals surface area contributed by atoms with Crippen LogP contribution in [0, 0.1) is 11.8 Å². The highest BCUT2D eigenvalue weighted by atomic mass is 16.5. The fourth-order valence-electron chi connectivity index (χ4n) is 5.87. The maximum Gasteiger partial charge on any atom is 0.303 e. The van der Waals surface area contributed by atoms with Crippen molar-refractivity contribution in [3.8, 4) is 0 Å². The topological polar surface area (TPSA) is 102 Å². The summed E-state index contributed by atoms with van der Waals surface area (Å²) in [4.78, 5) is 27.8. The van der Waals surface area contributed by atoms with Gasteiger partial charge in [0.15, 0.2) is 5.69 Å². The molecule has 0 aromatic carbocycles. The lowest BCUT2D eigenvalue weighted by atomic mass is 9.77. The van der Waals surface area contributed by atoms with Gasteiger partial charge < -0.3 is 19.6 Å². The number of amides is 1. The highest BCUT2D eigenvalue weighted by molar-refractivity contribution is 5.91. The summed E-state index contributed by atoms with van der Waals surface area (Å²) in [6.07, 6.45) is 19.6. The van der Waals surface area contributed by atoms with Crippen LogP contribution in [0.25, 0.3) is 0 Å². The lowest BCUT2D eigenvalue weighted by Crippen LogP contribution is -2.27. The van der Waals surface area contributed by atoms with Gasteiger partial charge in [0.1, 0.15) is 6.26 Å². The molecule has 2 saturated heterocycles. The number of carbonyl (C=O) groups is 2. The van der Waals surface area contributed by atoms with Crippen molar-refractivity contribution < 1.29 is 23.8 Å². The van der Waals surface area contributed by atoms with E-state index < -0.39 is 5.97 Å². The lowest BCUT2D eigenvalue weighted by molar-refractivity contribution is -0.136. The van der Waals surface area contributed by atoms with Crippen molar-refractivity contribution in [2.45, 2.75) is 102 Å². The van der Waals surface area contributed by atoms with E-state index in [0.717, 1.165) is 31.6 Å². The molecule has 1 aliphatic carbocycles. The number of fused-ring (bicyclic) bond motifs is 2. The zero-order valence-electron chi connectivity index (χ0n) is 19.5. The summed E-state index contributed by atoms with van der Waals surface area (Å²) in [5.41, 5.74) is 0.343. The third-order valence-corrected chi connectivity index (χ3v) is 7.61. The Morgan fingerprint density at radius 3 is 2.73 bits per heavy atom. The van der Waals surface area contributed by atoms with Crippen molar-refractivity contribution in [2.75, 3.05) is 6.54 Å². The van der Waals surface area contributed by atoms with Crippen molar-refractivity contribution in [3.63, 3.8) is 0 Å². The van der Waals surface area contributed by atoms with Gasteiger partial charge in [-0.3, -0.25) is 9.59 Å². The van der Waals surface area contributed by atoms with Crippen LogP contribution in [-0.2, 0) is 9.53 Å². The summed E-state index contributed by atoms with van der Waals surface area (Å²) in [5.74, 6) is 0.821. The fraction of sp³-hybridized carbons (Fsp3) is 0.731. The van der Waals surface area contributed by atoms with Gasteiger partial charge in [0.25, 0.3) is 5.91 Å². The zero-order valence-corrected chi connectivity index (χ0v) is 19.5. The first kappa shape index (κ1) is 24.0. The molecule has 182 valence electrons. The quantitative estimate of drug-likeness (QED) is 0.329. The number of aliphatic carboxylic acids is 1. The van der Waals surface area contributed by atoms with Gasteiger partial charge in [0.05, 0.1) is 18.1 Å². The monoisotopic (exact) mass is 458 g/mol. The molecule has 0 radical (unpaired) electrons. The number of allylic oxidation sites excluding steroid dienone is 2. The number of hydrogen-bond donors (Lipinski definition) is 2. The first-order chi connectivity index (χ1) is 16.1. The van der Waals surface area contributed by atoms with Gasteiger partial charge in [-0.2, -0.15) is 0 Å². The molecule has 4 rings (SSSR count). The number of unbranched alkanes of at least 4 members (excludes halogenated alkanes) is 1. The molecule has 7 heteroatoms. The Morgan fingerprint density at radius 2 is 1.91 bits per heavy atom. The summed E-state index contributed by atoms with van der Waals surface area (Å²) < 4.78 is 11.9. The van der Waals surface area contributed by atoms with Gasteiger partial charge in [0, 0.05) is 18.9 Å². The van der Waals surface area contributed by atoms with E-state index in [9.17, 15) is 9.59 Å². The smallest absolute Gasteiger partial charge is 0.303 e. The van der Waals surface area contributed by atoms with Gasteiger partial charge in [0.2, 0.25) is 5.89 Å². The van der Waals surface area contributed by atoms with Crippen molar-refractivity contribution >= 4 is 11.9 Å². The van der Waals surface area contributed by atoms with Crippen LogP contribution in [0.4, 0.5) is 0 Å². The molecule has 1 amide bonds. The molecule has 33 heavy (non-hydrogen) atoms. The van der Waals surface area contributed by atoms with Gasteiger partial charge in [-0.05, 0) is 38.0 Å². The molecule has 1 saturated carbocycles. The number of aromatic nitrogens is 1. The Bertz CT molecular complexity index is 813. The van der Waals surface area contributed by atoms with Crippen LogP contribution in [0.1, 0.15) is 106 Å². The summed E-state index contributed by atoms with van der Waals surface area (Å²) >= 11 is 0. The number of oxazole rings is 1. The SMILES string of the molecule is O=C(O)CC/C=C\CC1C2CCC(O2)C1c1nc(C(=O)NCCCCC2CCCCC2)co1. The lowest BCUT2D eigenvalue weighted by Gasteiger charge is -2.24. The average molecular weight is 459 g/mol. The number of carboxylic acids is 1. The Morgan fingerprint density at radius 1 is 1.09 bits per heavy atom. The Hall–Kier alpha value is -2.15. The highest BCUT2D eigenvalue weighted by Gasteiger charge is 2.51. The highest BCUT2D eigenvalue weighted by Crippen LogP contribution is 2.50. The summed E-state index contributed by atoms with van der Waals surface area (Å²) in [6.45, 7) is 0.675. The molecule has 2 N–H and O–H groups in total. The zero-order chi connectivity index (χ0) is 23.0. The van der Waals surface area contributed by atoms with E-state index in [2.05, 4.69) is 16.4 Å². The molecule has 1 aromatic heterocycles. The van der Waals surface area contributed by atoms with Gasteiger partial charge in [-0.15, -0.1) is 0 Å². The molecule has 7 nitrogen and oxygen atoms in total. The maximum atomic E-state index is 12.6. The molecule has 3 heterocycles. The number of hydrogen-bond acceptors (Lipinski definition) is 5. The molecule has 4 atom stereocenters. The number of nitrogens with zero attached hydrogens (tertiary/aromatic N) is 1. The summed E-state index contributed by atoms with van der Waals surface area (Å²) in [6, 6.07) is 0. The molecular weight excluding hydrogens is 420 g/mol. The van der Waals surface area contributed by atoms with E-state index in [1.807, 2.05) is 6.08 Å². The van der Waals surface area contributed by atoms with Crippen LogP contribution in [0.5, 0.6) is 0 Å². The van der Waals surface area contributed by atoms with Gasteiger partial charge in [-0.1, -0.05) is 57.1 Å². The summed E-state index contributed by atoms with van der Waals surface area (Å²) in [7, 11) is 0. The van der Waals surface area contributed by atoms with Crippen molar-refractivity contribution in [1.29, 1.82) is 0 Å². The third-order valence-electron chi connectivity index (χ3n) is 7.61. The number of carboxylic acid groups (broad SMARTS) is 1. The van der Waals surface area contributed by atoms with E-state index in [1.54, 1.807) is 0 Å². The first-order valence-corrected chi connectivity index (χ1v) is 12.9. The number of rotatable bonds is 12. The van der Waals surface area contributed by atoms with Crippen LogP contribution in [0.15, 0.2) is 22.8 Å². The molecule has 3 fully saturated rings. The standard InChI is InChI=1S/C26H38N2O5/c29-23(30)13-6-2-5-12-19-21-14-15-22(33-21)24(19)26-28-20(17-32-26)25(31)27-16-8-7-11-18-9-3-1-4-10-18/h2,5,17-19,21-22,24H,1,3-4,6-16H2,(H,27,31)(H,29,30)/b5-2-. The largest absolute Gasteiger partial charge is 0.481 e. The van der Waals surface area contributed by atoms with E-state index in [-0.39, 0.29) is 36.4 Å². The van der Waals surface area contributed by atoms with Crippen molar-refractivity contribution in [3.05, 3.63) is 30.0 Å².